The molecule has 108 valence electrons. The summed E-state index contributed by atoms with van der Waals surface area (Å²) < 4.78 is 0. The van der Waals surface area contributed by atoms with Gasteiger partial charge in [0.2, 0.25) is 5.91 Å². The van der Waals surface area contributed by atoms with Crippen LogP contribution in [0.2, 0.25) is 0 Å². The van der Waals surface area contributed by atoms with E-state index in [0.717, 1.165) is 50.4 Å². The lowest BCUT2D eigenvalue weighted by Crippen LogP contribution is -2.53. The van der Waals surface area contributed by atoms with E-state index in [1.807, 2.05) is 23.2 Å². The van der Waals surface area contributed by atoms with Crippen LogP contribution in [0.4, 0.5) is 5.69 Å². The summed E-state index contributed by atoms with van der Waals surface area (Å²) in [6.45, 7) is 4.66. The third kappa shape index (κ3) is 2.78. The van der Waals surface area contributed by atoms with Gasteiger partial charge in [0.25, 0.3) is 0 Å². The van der Waals surface area contributed by atoms with Gasteiger partial charge in [-0.2, -0.15) is 0 Å². The SMILES string of the molecule is CN1CCN(NC(=O)C2CCNc3ccccc32)CC1. The fourth-order valence-electron chi connectivity index (χ4n) is 2.89. The summed E-state index contributed by atoms with van der Waals surface area (Å²) in [5.41, 5.74) is 5.30. The van der Waals surface area contributed by atoms with Crippen molar-refractivity contribution in [2.45, 2.75) is 12.3 Å². The van der Waals surface area contributed by atoms with Gasteiger partial charge in [0.05, 0.1) is 5.92 Å². The molecule has 3 rings (SSSR count). The number of rotatable bonds is 2. The van der Waals surface area contributed by atoms with Crippen LogP contribution < -0.4 is 10.7 Å². The molecule has 20 heavy (non-hydrogen) atoms. The van der Waals surface area contributed by atoms with Crippen LogP contribution in [-0.4, -0.2) is 55.6 Å². The summed E-state index contributed by atoms with van der Waals surface area (Å²) in [5.74, 6) is 0.0932. The van der Waals surface area contributed by atoms with E-state index in [1.54, 1.807) is 0 Å². The second-order valence-corrected chi connectivity index (χ2v) is 5.62. The molecule has 0 spiro atoms. The molecule has 2 aliphatic heterocycles. The maximum Gasteiger partial charge on any atom is 0.241 e. The average molecular weight is 274 g/mol. The van der Waals surface area contributed by atoms with Crippen LogP contribution in [0.1, 0.15) is 17.9 Å². The zero-order valence-electron chi connectivity index (χ0n) is 11.9. The van der Waals surface area contributed by atoms with Crippen molar-refractivity contribution in [3.63, 3.8) is 0 Å². The Bertz CT molecular complexity index is 483. The van der Waals surface area contributed by atoms with Crippen molar-refractivity contribution < 1.29 is 4.79 Å². The van der Waals surface area contributed by atoms with Crippen molar-refractivity contribution in [1.82, 2.24) is 15.3 Å². The zero-order chi connectivity index (χ0) is 13.9. The molecular formula is C15H22N4O. The minimum absolute atomic E-state index is 0.0351. The first-order valence-corrected chi connectivity index (χ1v) is 7.31. The van der Waals surface area contributed by atoms with E-state index in [1.165, 1.54) is 0 Å². The van der Waals surface area contributed by atoms with Crippen LogP contribution in [0.5, 0.6) is 0 Å². The summed E-state index contributed by atoms with van der Waals surface area (Å²) in [4.78, 5) is 14.8. The van der Waals surface area contributed by atoms with Crippen molar-refractivity contribution in [3.8, 4) is 0 Å². The summed E-state index contributed by atoms with van der Waals surface area (Å²) in [6.07, 6.45) is 0.858. The molecule has 1 amide bonds. The van der Waals surface area contributed by atoms with Gasteiger partial charge in [-0.15, -0.1) is 0 Å². The molecule has 5 nitrogen and oxygen atoms in total. The van der Waals surface area contributed by atoms with E-state index in [2.05, 4.69) is 28.8 Å². The van der Waals surface area contributed by atoms with Crippen molar-refractivity contribution in [2.75, 3.05) is 45.1 Å². The quantitative estimate of drug-likeness (QED) is 0.840. The number of hydrogen-bond donors (Lipinski definition) is 2. The molecule has 5 heteroatoms. The van der Waals surface area contributed by atoms with Crippen LogP contribution in [0.3, 0.4) is 0 Å². The van der Waals surface area contributed by atoms with Gasteiger partial charge < -0.3 is 10.2 Å². The number of fused-ring (bicyclic) bond motifs is 1. The van der Waals surface area contributed by atoms with Gasteiger partial charge >= 0.3 is 0 Å². The highest BCUT2D eigenvalue weighted by Gasteiger charge is 2.27. The summed E-state index contributed by atoms with van der Waals surface area (Å²) in [5, 5.41) is 5.41. The monoisotopic (exact) mass is 274 g/mol. The highest BCUT2D eigenvalue weighted by Crippen LogP contribution is 2.31. The fourth-order valence-corrected chi connectivity index (χ4v) is 2.89. The molecule has 0 bridgehead atoms. The van der Waals surface area contributed by atoms with Gasteiger partial charge in [-0.05, 0) is 25.1 Å². The van der Waals surface area contributed by atoms with E-state index in [0.29, 0.717) is 0 Å². The van der Waals surface area contributed by atoms with Gasteiger partial charge in [-0.25, -0.2) is 5.01 Å². The van der Waals surface area contributed by atoms with Crippen molar-refractivity contribution in [3.05, 3.63) is 29.8 Å². The lowest BCUT2D eigenvalue weighted by Gasteiger charge is -2.34. The number of hydrogen-bond acceptors (Lipinski definition) is 4. The Morgan fingerprint density at radius 1 is 1.25 bits per heavy atom. The van der Waals surface area contributed by atoms with Crippen molar-refractivity contribution in [1.29, 1.82) is 0 Å². The first kappa shape index (κ1) is 13.4. The van der Waals surface area contributed by atoms with E-state index in [4.69, 9.17) is 0 Å². The number of benzene rings is 1. The number of likely N-dealkylation sites (N-methyl/N-ethyl adjacent to an activating group) is 1. The Balaban J connectivity index is 1.66. The number of carbonyl (C=O) groups excluding carboxylic acids is 1. The number of nitrogens with one attached hydrogen (secondary N) is 2. The van der Waals surface area contributed by atoms with Crippen LogP contribution in [0.15, 0.2) is 24.3 Å². The number of para-hydroxylation sites is 1. The van der Waals surface area contributed by atoms with Crippen LogP contribution in [-0.2, 0) is 4.79 Å². The zero-order valence-corrected chi connectivity index (χ0v) is 11.9. The lowest BCUT2D eigenvalue weighted by atomic mass is 9.90. The van der Waals surface area contributed by atoms with Crippen molar-refractivity contribution in [2.24, 2.45) is 0 Å². The Morgan fingerprint density at radius 2 is 2.00 bits per heavy atom. The van der Waals surface area contributed by atoms with Crippen LogP contribution >= 0.6 is 0 Å². The fraction of sp³-hybridized carbons (Fsp3) is 0.533. The third-order valence-corrected chi connectivity index (χ3v) is 4.17. The van der Waals surface area contributed by atoms with E-state index in [-0.39, 0.29) is 11.8 Å². The molecule has 1 atom stereocenters. The molecule has 0 saturated carbocycles. The average Bonchev–Trinajstić information content (AvgIpc) is 2.49. The molecule has 0 aliphatic carbocycles. The van der Waals surface area contributed by atoms with E-state index >= 15 is 0 Å². The largest absolute Gasteiger partial charge is 0.385 e. The van der Waals surface area contributed by atoms with Gasteiger partial charge in [-0.3, -0.25) is 10.2 Å². The molecule has 1 unspecified atom stereocenters. The maximum absolute atomic E-state index is 12.5. The van der Waals surface area contributed by atoms with Crippen LogP contribution in [0, 0.1) is 0 Å². The van der Waals surface area contributed by atoms with E-state index in [9.17, 15) is 4.79 Å². The van der Waals surface area contributed by atoms with Gasteiger partial charge in [0.15, 0.2) is 0 Å². The number of amides is 1. The molecule has 0 aromatic heterocycles. The van der Waals surface area contributed by atoms with Gasteiger partial charge in [0, 0.05) is 38.4 Å². The predicted octanol–water partition coefficient (Wildman–Crippen LogP) is 0.864. The van der Waals surface area contributed by atoms with Gasteiger partial charge in [-0.1, -0.05) is 18.2 Å². The number of carbonyl (C=O) groups is 1. The highest BCUT2D eigenvalue weighted by atomic mass is 16.2. The molecule has 1 fully saturated rings. The summed E-state index contributed by atoms with van der Waals surface area (Å²) in [7, 11) is 2.11. The molecule has 1 saturated heterocycles. The highest BCUT2D eigenvalue weighted by molar-refractivity contribution is 5.85. The molecule has 1 aromatic rings. The van der Waals surface area contributed by atoms with Crippen molar-refractivity contribution >= 4 is 11.6 Å². The third-order valence-electron chi connectivity index (χ3n) is 4.17. The Kier molecular flexibility index (Phi) is 3.89. The molecule has 0 radical (unpaired) electrons. The summed E-state index contributed by atoms with van der Waals surface area (Å²) in [6, 6.07) is 8.11. The molecule has 2 aliphatic rings. The van der Waals surface area contributed by atoms with Crippen LogP contribution in [0.25, 0.3) is 0 Å². The summed E-state index contributed by atoms with van der Waals surface area (Å²) >= 11 is 0. The number of anilines is 1. The Morgan fingerprint density at radius 3 is 2.80 bits per heavy atom. The number of hydrazine groups is 1. The number of nitrogens with zero attached hydrogens (tertiary/aromatic N) is 2. The first-order valence-electron chi connectivity index (χ1n) is 7.31. The molecule has 2 heterocycles. The van der Waals surface area contributed by atoms with E-state index < -0.39 is 0 Å². The topological polar surface area (TPSA) is 47.6 Å². The molecule has 2 N–H and O–H groups in total. The second-order valence-electron chi connectivity index (χ2n) is 5.62. The molecular weight excluding hydrogens is 252 g/mol. The Labute approximate surface area is 119 Å². The predicted molar refractivity (Wildman–Crippen MR) is 79.5 cm³/mol. The smallest absolute Gasteiger partial charge is 0.241 e. The maximum atomic E-state index is 12.5. The van der Waals surface area contributed by atoms with Gasteiger partial charge in [0.1, 0.15) is 0 Å². The first-order chi connectivity index (χ1) is 9.74. The minimum Gasteiger partial charge on any atom is -0.385 e. The lowest BCUT2D eigenvalue weighted by molar-refractivity contribution is -0.128. The Hall–Kier alpha value is -1.59. The molecule has 1 aromatic carbocycles. The normalized spacial score (nSPS) is 23.8. The number of piperazine rings is 1. The second kappa shape index (κ2) is 5.81. The minimum atomic E-state index is -0.0351. The standard InChI is InChI=1S/C15H22N4O/c1-18-8-10-19(11-9-18)17-15(20)13-6-7-16-14-5-3-2-4-12(13)14/h2-5,13,16H,6-11H2,1H3,(H,17,20).